The monoisotopic (exact) mass is 540 g/mol. The Labute approximate surface area is 209 Å². The summed E-state index contributed by atoms with van der Waals surface area (Å²) in [6, 6.07) is 6.84. The van der Waals surface area contributed by atoms with Crippen molar-refractivity contribution in [3.63, 3.8) is 0 Å². The Bertz CT molecular complexity index is 1350. The van der Waals surface area contributed by atoms with Crippen molar-refractivity contribution in [3.8, 4) is 0 Å². The van der Waals surface area contributed by atoms with Gasteiger partial charge in [0.05, 0.1) is 26.3 Å². The second-order valence-electron chi connectivity index (χ2n) is 7.93. The number of morpholine rings is 1. The molecule has 34 heavy (non-hydrogen) atoms. The topological polar surface area (TPSA) is 100 Å². The van der Waals surface area contributed by atoms with Gasteiger partial charge in [-0.05, 0) is 23.6 Å². The summed E-state index contributed by atoms with van der Waals surface area (Å²) in [5.41, 5.74) is 0.362. The first-order valence-corrected chi connectivity index (χ1v) is 14.1. The minimum atomic E-state index is -3.80. The van der Waals surface area contributed by atoms with Crippen LogP contribution in [0.3, 0.4) is 0 Å². The second-order valence-corrected chi connectivity index (χ2v) is 12.6. The Hall–Kier alpha value is -2.09. The molecule has 5 rings (SSSR count). The fourth-order valence-corrected chi connectivity index (χ4v) is 7.86. The number of sulfonamides is 1. The number of piperazine rings is 1. The molecule has 180 valence electrons. The normalized spacial score (nSPS) is 18.1. The number of thiophene rings is 1. The zero-order valence-electron chi connectivity index (χ0n) is 18.0. The lowest BCUT2D eigenvalue weighted by Gasteiger charge is -2.32. The molecule has 2 aromatic heterocycles. The van der Waals surface area contributed by atoms with Gasteiger partial charge in [-0.25, -0.2) is 13.4 Å². The standard InChI is InChI=1S/C21H21ClN4O5S3/c22-15-2-1-14-9-20(33-17(14)10-15)34(29,30)26-4-3-25(19(27)12-26)11-18-23-16(13-32-18)21(28)24-5-7-31-8-6-24/h1-2,9-10,13H,3-8,11-12H2. The van der Waals surface area contributed by atoms with Crippen molar-refractivity contribution in [2.24, 2.45) is 0 Å². The van der Waals surface area contributed by atoms with Gasteiger partial charge in [0.2, 0.25) is 5.91 Å². The van der Waals surface area contributed by atoms with Crippen molar-refractivity contribution in [2.75, 3.05) is 45.9 Å². The third kappa shape index (κ3) is 4.70. The molecule has 1 aromatic carbocycles. The van der Waals surface area contributed by atoms with Crippen LogP contribution >= 0.6 is 34.3 Å². The molecule has 0 spiro atoms. The number of carbonyl (C=O) groups excluding carboxylic acids is 2. The summed E-state index contributed by atoms with van der Waals surface area (Å²) in [7, 11) is -3.80. The van der Waals surface area contributed by atoms with Crippen LogP contribution in [0.15, 0.2) is 33.9 Å². The lowest BCUT2D eigenvalue weighted by atomic mass is 10.3. The quantitative estimate of drug-likeness (QED) is 0.493. The van der Waals surface area contributed by atoms with Gasteiger partial charge in [0.25, 0.3) is 15.9 Å². The Balaban J connectivity index is 1.24. The molecular weight excluding hydrogens is 520 g/mol. The first-order valence-electron chi connectivity index (χ1n) is 10.6. The minimum absolute atomic E-state index is 0.141. The molecule has 0 atom stereocenters. The van der Waals surface area contributed by atoms with Crippen LogP contribution in [0, 0.1) is 0 Å². The average molecular weight is 541 g/mol. The summed E-state index contributed by atoms with van der Waals surface area (Å²) in [5.74, 6) is -0.437. The zero-order chi connectivity index (χ0) is 23.9. The Morgan fingerprint density at radius 2 is 1.94 bits per heavy atom. The van der Waals surface area contributed by atoms with Crippen molar-refractivity contribution < 1.29 is 22.7 Å². The van der Waals surface area contributed by atoms with Crippen LogP contribution in [0.1, 0.15) is 15.5 Å². The molecule has 0 bridgehead atoms. The maximum absolute atomic E-state index is 13.2. The van der Waals surface area contributed by atoms with Crippen molar-refractivity contribution in [1.29, 1.82) is 0 Å². The summed E-state index contributed by atoms with van der Waals surface area (Å²) >= 11 is 8.48. The average Bonchev–Trinajstić information content (AvgIpc) is 3.47. The van der Waals surface area contributed by atoms with E-state index < -0.39 is 10.0 Å². The van der Waals surface area contributed by atoms with E-state index in [1.165, 1.54) is 15.6 Å². The van der Waals surface area contributed by atoms with Crippen LogP contribution in [0.25, 0.3) is 10.1 Å². The first kappa shape index (κ1) is 23.6. The van der Waals surface area contributed by atoms with Gasteiger partial charge < -0.3 is 14.5 Å². The van der Waals surface area contributed by atoms with Gasteiger partial charge in [0, 0.05) is 41.3 Å². The highest BCUT2D eigenvalue weighted by Gasteiger charge is 2.34. The van der Waals surface area contributed by atoms with E-state index >= 15 is 0 Å². The summed E-state index contributed by atoms with van der Waals surface area (Å²) < 4.78 is 33.8. The molecule has 13 heteroatoms. The van der Waals surface area contributed by atoms with Crippen molar-refractivity contribution in [3.05, 3.63) is 45.4 Å². The zero-order valence-corrected chi connectivity index (χ0v) is 21.2. The van der Waals surface area contributed by atoms with Gasteiger partial charge >= 0.3 is 0 Å². The van der Waals surface area contributed by atoms with Crippen LogP contribution in [0.2, 0.25) is 5.02 Å². The number of thiazole rings is 1. The van der Waals surface area contributed by atoms with Gasteiger partial charge in [0.15, 0.2) is 0 Å². The van der Waals surface area contributed by atoms with E-state index in [9.17, 15) is 18.0 Å². The molecule has 3 aromatic rings. The van der Waals surface area contributed by atoms with Crippen LogP contribution in [0.4, 0.5) is 0 Å². The number of amides is 2. The molecule has 0 aliphatic carbocycles. The van der Waals surface area contributed by atoms with E-state index in [4.69, 9.17) is 16.3 Å². The van der Waals surface area contributed by atoms with Gasteiger partial charge in [0.1, 0.15) is 14.9 Å². The Morgan fingerprint density at radius 3 is 2.71 bits per heavy atom. The molecule has 2 amide bonds. The predicted molar refractivity (Wildman–Crippen MR) is 130 cm³/mol. The van der Waals surface area contributed by atoms with E-state index in [2.05, 4.69) is 4.98 Å². The lowest BCUT2D eigenvalue weighted by Crippen LogP contribution is -2.51. The predicted octanol–water partition coefficient (Wildman–Crippen LogP) is 2.52. The van der Waals surface area contributed by atoms with E-state index in [0.717, 1.165) is 21.4 Å². The summed E-state index contributed by atoms with van der Waals surface area (Å²) in [4.78, 5) is 33.1. The molecule has 0 saturated carbocycles. The highest BCUT2D eigenvalue weighted by atomic mass is 35.5. The number of fused-ring (bicyclic) bond motifs is 1. The third-order valence-corrected chi connectivity index (χ3v) is 10.2. The number of hydrogen-bond acceptors (Lipinski definition) is 8. The maximum atomic E-state index is 13.2. The molecule has 2 saturated heterocycles. The van der Waals surface area contributed by atoms with Crippen molar-refractivity contribution in [1.82, 2.24) is 19.1 Å². The molecule has 0 N–H and O–H groups in total. The fourth-order valence-electron chi connectivity index (χ4n) is 3.87. The van der Waals surface area contributed by atoms with E-state index in [0.29, 0.717) is 42.0 Å². The van der Waals surface area contributed by atoms with Crippen LogP contribution < -0.4 is 0 Å². The molecule has 0 radical (unpaired) electrons. The number of rotatable bonds is 5. The lowest BCUT2D eigenvalue weighted by molar-refractivity contribution is -0.134. The summed E-state index contributed by atoms with van der Waals surface area (Å²) in [5, 5.41) is 3.68. The van der Waals surface area contributed by atoms with Gasteiger partial charge in [-0.1, -0.05) is 17.7 Å². The van der Waals surface area contributed by atoms with E-state index in [1.54, 1.807) is 39.4 Å². The number of benzene rings is 1. The molecule has 2 aliphatic rings. The fraction of sp³-hybridized carbons (Fsp3) is 0.381. The van der Waals surface area contributed by atoms with Gasteiger partial charge in [-0.2, -0.15) is 4.31 Å². The van der Waals surface area contributed by atoms with Crippen LogP contribution in [-0.4, -0.2) is 85.3 Å². The van der Waals surface area contributed by atoms with Crippen molar-refractivity contribution >= 4 is 66.2 Å². The van der Waals surface area contributed by atoms with Gasteiger partial charge in [-0.3, -0.25) is 9.59 Å². The number of aromatic nitrogens is 1. The van der Waals surface area contributed by atoms with E-state index in [1.807, 2.05) is 0 Å². The van der Waals surface area contributed by atoms with Crippen LogP contribution in [0.5, 0.6) is 0 Å². The van der Waals surface area contributed by atoms with E-state index in [-0.39, 0.29) is 42.2 Å². The number of ether oxygens (including phenoxy) is 1. The highest BCUT2D eigenvalue weighted by Crippen LogP contribution is 2.33. The molecule has 2 aliphatic heterocycles. The highest BCUT2D eigenvalue weighted by molar-refractivity contribution is 7.91. The molecule has 0 unspecified atom stereocenters. The Kier molecular flexibility index (Phi) is 6.62. The van der Waals surface area contributed by atoms with Crippen LogP contribution in [-0.2, 0) is 26.1 Å². The molecule has 2 fully saturated rings. The molecule has 9 nitrogen and oxygen atoms in total. The number of carbonyl (C=O) groups is 2. The smallest absolute Gasteiger partial charge is 0.273 e. The van der Waals surface area contributed by atoms with Crippen molar-refractivity contribution in [2.45, 2.75) is 10.8 Å². The summed E-state index contributed by atoms with van der Waals surface area (Å²) in [6.45, 7) is 2.55. The number of hydrogen-bond donors (Lipinski definition) is 0. The third-order valence-electron chi connectivity index (χ3n) is 5.73. The second kappa shape index (κ2) is 9.51. The SMILES string of the molecule is O=C1CN(S(=O)(=O)c2cc3ccc(Cl)cc3s2)CCN1Cc1nc(C(=O)N2CCOCC2)cs1. The number of nitrogens with zero attached hydrogens (tertiary/aromatic N) is 4. The number of halogens is 1. The first-order chi connectivity index (χ1) is 16.3. The van der Waals surface area contributed by atoms with Gasteiger partial charge in [-0.15, -0.1) is 22.7 Å². The molecule has 4 heterocycles. The largest absolute Gasteiger partial charge is 0.378 e. The summed E-state index contributed by atoms with van der Waals surface area (Å²) in [6.07, 6.45) is 0. The molecular formula is C21H21ClN4O5S3. The Morgan fingerprint density at radius 1 is 1.15 bits per heavy atom. The maximum Gasteiger partial charge on any atom is 0.273 e. The minimum Gasteiger partial charge on any atom is -0.378 e.